The van der Waals surface area contributed by atoms with Crippen molar-refractivity contribution >= 4 is 17.9 Å². The molecule has 7 atom stereocenters. The fraction of sp³-hybridized carbons (Fsp3) is 0.842. The first kappa shape index (κ1) is 16.5. The van der Waals surface area contributed by atoms with E-state index in [1.165, 1.54) is 6.92 Å². The number of carbonyl (C=O) groups is 3. The largest absolute Gasteiger partial charge is 0.459 e. The minimum absolute atomic E-state index is 0.0473. The Morgan fingerprint density at radius 1 is 1.19 bits per heavy atom. The zero-order chi connectivity index (χ0) is 18.7. The number of hydrogen-bond acceptors (Lipinski definition) is 7. The Hall–Kier alpha value is -1.63. The van der Waals surface area contributed by atoms with E-state index in [9.17, 15) is 14.4 Å². The van der Waals surface area contributed by atoms with Crippen molar-refractivity contribution in [2.75, 3.05) is 0 Å². The molecule has 7 heteroatoms. The minimum atomic E-state index is -1.08. The molecule has 7 nitrogen and oxygen atoms in total. The Bertz CT molecular complexity index is 739. The molecule has 0 aromatic heterocycles. The average Bonchev–Trinajstić information content (AvgIpc) is 3.19. The first-order chi connectivity index (χ1) is 12.1. The van der Waals surface area contributed by atoms with Gasteiger partial charge in [-0.15, -0.1) is 0 Å². The number of ether oxygens (including phenoxy) is 4. The van der Waals surface area contributed by atoms with E-state index in [2.05, 4.69) is 20.8 Å². The summed E-state index contributed by atoms with van der Waals surface area (Å²) < 4.78 is 23.2. The van der Waals surface area contributed by atoms with E-state index >= 15 is 0 Å². The van der Waals surface area contributed by atoms with Crippen molar-refractivity contribution in [2.24, 2.45) is 22.2 Å². The van der Waals surface area contributed by atoms with Crippen molar-refractivity contribution in [3.63, 3.8) is 0 Å². The Labute approximate surface area is 151 Å². The molecular weight excluding hydrogens is 340 g/mol. The lowest BCUT2D eigenvalue weighted by molar-refractivity contribution is -0.196. The number of hydrogen-bond donors (Lipinski definition) is 0. The van der Waals surface area contributed by atoms with Crippen molar-refractivity contribution < 1.29 is 33.3 Å². The van der Waals surface area contributed by atoms with Gasteiger partial charge in [-0.2, -0.15) is 0 Å². The van der Waals surface area contributed by atoms with Gasteiger partial charge in [-0.1, -0.05) is 20.8 Å². The smallest absolute Gasteiger partial charge is 0.350 e. The molecule has 2 unspecified atom stereocenters. The van der Waals surface area contributed by atoms with Gasteiger partial charge in [0.2, 0.25) is 12.4 Å². The summed E-state index contributed by atoms with van der Waals surface area (Å²) in [6, 6.07) is 0. The van der Waals surface area contributed by atoms with Gasteiger partial charge in [-0.3, -0.25) is 4.79 Å². The molecule has 2 aliphatic carbocycles. The highest BCUT2D eigenvalue weighted by molar-refractivity contribution is 5.89. The first-order valence-corrected chi connectivity index (χ1v) is 9.38. The fourth-order valence-corrected chi connectivity index (χ4v) is 7.16. The average molecular weight is 364 g/mol. The lowest BCUT2D eigenvalue weighted by Gasteiger charge is -2.46. The van der Waals surface area contributed by atoms with Crippen LogP contribution in [-0.4, -0.2) is 42.0 Å². The maximum Gasteiger partial charge on any atom is 0.350 e. The molecule has 3 heterocycles. The Balaban J connectivity index is 1.79. The molecule has 26 heavy (non-hydrogen) atoms. The second-order valence-electron chi connectivity index (χ2n) is 9.51. The molecule has 3 aliphatic heterocycles. The summed E-state index contributed by atoms with van der Waals surface area (Å²) >= 11 is 0. The molecule has 0 N–H and O–H groups in total. The highest BCUT2D eigenvalue weighted by atomic mass is 16.8. The first-order valence-electron chi connectivity index (χ1n) is 9.38. The second-order valence-corrected chi connectivity index (χ2v) is 9.51. The molecule has 5 fully saturated rings. The molecule has 0 amide bonds. The summed E-state index contributed by atoms with van der Waals surface area (Å²) in [5.41, 5.74) is -2.85. The van der Waals surface area contributed by atoms with Crippen LogP contribution in [0.15, 0.2) is 0 Å². The Morgan fingerprint density at radius 3 is 2.58 bits per heavy atom. The van der Waals surface area contributed by atoms with Gasteiger partial charge in [0.1, 0.15) is 6.10 Å². The summed E-state index contributed by atoms with van der Waals surface area (Å²) in [6.45, 7) is 7.60. The third kappa shape index (κ3) is 1.40. The van der Waals surface area contributed by atoms with Crippen LogP contribution in [0.3, 0.4) is 0 Å². The topological polar surface area (TPSA) is 88.1 Å². The summed E-state index contributed by atoms with van der Waals surface area (Å²) in [4.78, 5) is 37.4. The number of esters is 3. The number of rotatable bonds is 1. The fourth-order valence-electron chi connectivity index (χ4n) is 7.16. The third-order valence-electron chi connectivity index (χ3n) is 7.65. The highest BCUT2D eigenvalue weighted by Crippen LogP contribution is 2.82. The molecule has 142 valence electrons. The van der Waals surface area contributed by atoms with Crippen molar-refractivity contribution in [2.45, 2.75) is 77.5 Å². The van der Waals surface area contributed by atoms with E-state index in [0.717, 1.165) is 6.42 Å². The summed E-state index contributed by atoms with van der Waals surface area (Å²) in [5.74, 6) is -1.50. The SMILES string of the molecule is CC(=O)O[C@@H]1C(=O)O[C@H]2O[C@@]34CCCC35[C@@H](C[C@@H](C(C)(C)C)C215)OC4=O. The maximum absolute atomic E-state index is 12.8. The zero-order valence-corrected chi connectivity index (χ0v) is 15.5. The highest BCUT2D eigenvalue weighted by Gasteiger charge is 2.94. The van der Waals surface area contributed by atoms with Gasteiger partial charge in [0.25, 0.3) is 0 Å². The van der Waals surface area contributed by atoms with Crippen LogP contribution in [0.5, 0.6) is 0 Å². The molecule has 0 aromatic rings. The van der Waals surface area contributed by atoms with Crippen LogP contribution in [0.1, 0.15) is 53.4 Å². The minimum Gasteiger partial charge on any atom is -0.459 e. The van der Waals surface area contributed by atoms with E-state index in [4.69, 9.17) is 18.9 Å². The van der Waals surface area contributed by atoms with Gasteiger partial charge >= 0.3 is 17.9 Å². The summed E-state index contributed by atoms with van der Waals surface area (Å²) in [7, 11) is 0. The second kappa shape index (κ2) is 4.43. The van der Waals surface area contributed by atoms with Crippen LogP contribution < -0.4 is 0 Å². The predicted molar refractivity (Wildman–Crippen MR) is 85.4 cm³/mol. The summed E-state index contributed by atoms with van der Waals surface area (Å²) in [5, 5.41) is 0. The molecule has 0 radical (unpaired) electrons. The predicted octanol–water partition coefficient (Wildman–Crippen LogP) is 1.72. The van der Waals surface area contributed by atoms with Crippen molar-refractivity contribution in [1.29, 1.82) is 0 Å². The van der Waals surface area contributed by atoms with Gasteiger partial charge in [-0.25, -0.2) is 9.59 Å². The van der Waals surface area contributed by atoms with E-state index in [1.807, 2.05) is 0 Å². The normalized spacial score (nSPS) is 50.9. The van der Waals surface area contributed by atoms with Crippen molar-refractivity contribution in [3.05, 3.63) is 0 Å². The van der Waals surface area contributed by atoms with Crippen molar-refractivity contribution in [3.8, 4) is 0 Å². The quantitative estimate of drug-likeness (QED) is 0.517. The lowest BCUT2D eigenvalue weighted by atomic mass is 9.52. The molecule has 3 saturated heterocycles. The lowest BCUT2D eigenvalue weighted by Crippen LogP contribution is -2.58. The molecular formula is C19H24O7. The molecule has 0 bridgehead atoms. The van der Waals surface area contributed by atoms with Crippen LogP contribution >= 0.6 is 0 Å². The standard InChI is InChI=1S/C19H24O7/c1-9(20)23-12-13(21)25-15-19(12)10(16(2,3)4)8-11-17(19)6-5-7-18(17,26-15)14(22)24-11/h10-12,15H,5-8H2,1-4H3/t10-,11+,12+,15-,17?,18+,19?/m0/s1. The molecule has 2 saturated carbocycles. The van der Waals surface area contributed by atoms with Crippen LogP contribution in [0.25, 0.3) is 0 Å². The Kier molecular flexibility index (Phi) is 2.82. The van der Waals surface area contributed by atoms with E-state index < -0.39 is 40.8 Å². The van der Waals surface area contributed by atoms with Gasteiger partial charge in [-0.05, 0) is 37.0 Å². The van der Waals surface area contributed by atoms with Gasteiger partial charge in [0, 0.05) is 6.92 Å². The third-order valence-corrected chi connectivity index (χ3v) is 7.65. The zero-order valence-electron chi connectivity index (χ0n) is 15.5. The van der Waals surface area contributed by atoms with Gasteiger partial charge < -0.3 is 18.9 Å². The van der Waals surface area contributed by atoms with Gasteiger partial charge in [0.05, 0.1) is 10.8 Å². The van der Waals surface area contributed by atoms with Gasteiger partial charge in [0.15, 0.2) is 5.60 Å². The summed E-state index contributed by atoms with van der Waals surface area (Å²) in [6.07, 6.45) is 0.445. The molecule has 2 spiro atoms. The van der Waals surface area contributed by atoms with Crippen LogP contribution in [0.2, 0.25) is 0 Å². The van der Waals surface area contributed by atoms with E-state index in [0.29, 0.717) is 19.3 Å². The number of carbonyl (C=O) groups excluding carboxylic acids is 3. The van der Waals surface area contributed by atoms with Crippen molar-refractivity contribution in [1.82, 2.24) is 0 Å². The Morgan fingerprint density at radius 2 is 1.92 bits per heavy atom. The maximum atomic E-state index is 12.8. The van der Waals surface area contributed by atoms with E-state index in [-0.39, 0.29) is 23.4 Å². The van der Waals surface area contributed by atoms with E-state index in [1.54, 1.807) is 0 Å². The molecule has 5 rings (SSSR count). The van der Waals surface area contributed by atoms with Crippen LogP contribution in [0, 0.1) is 22.2 Å². The monoisotopic (exact) mass is 364 g/mol. The molecule has 0 aromatic carbocycles. The van der Waals surface area contributed by atoms with Crippen LogP contribution in [0.4, 0.5) is 0 Å². The molecule has 5 aliphatic rings. The van der Waals surface area contributed by atoms with Crippen LogP contribution in [-0.2, 0) is 33.3 Å².